The minimum absolute atomic E-state index is 0.125. The zero-order chi connectivity index (χ0) is 13.8. The van der Waals surface area contributed by atoms with Crippen molar-refractivity contribution in [3.8, 4) is 5.69 Å². The van der Waals surface area contributed by atoms with E-state index in [1.165, 1.54) is 14.0 Å². The topological polar surface area (TPSA) is 73.2 Å². The highest BCUT2D eigenvalue weighted by atomic mass is 16.5. The van der Waals surface area contributed by atoms with Crippen LogP contribution in [0, 0.1) is 0 Å². The molecule has 0 fully saturated rings. The van der Waals surface area contributed by atoms with Crippen molar-refractivity contribution in [1.29, 1.82) is 0 Å². The Kier molecular flexibility index (Phi) is 3.61. The van der Waals surface area contributed by atoms with E-state index in [-0.39, 0.29) is 11.6 Å². The highest BCUT2D eigenvalue weighted by Crippen LogP contribution is 2.13. The van der Waals surface area contributed by atoms with E-state index in [0.29, 0.717) is 5.69 Å². The van der Waals surface area contributed by atoms with Crippen molar-refractivity contribution in [3.05, 3.63) is 42.2 Å². The van der Waals surface area contributed by atoms with E-state index in [9.17, 15) is 9.59 Å². The first-order chi connectivity index (χ1) is 9.10. The van der Waals surface area contributed by atoms with Crippen LogP contribution in [0.4, 0.5) is 5.69 Å². The molecular formula is C13H13N3O3. The van der Waals surface area contributed by atoms with Crippen LogP contribution in [-0.2, 0) is 9.53 Å². The summed E-state index contributed by atoms with van der Waals surface area (Å²) in [6.07, 6.45) is 1.67. The van der Waals surface area contributed by atoms with Crippen molar-refractivity contribution in [1.82, 2.24) is 9.78 Å². The number of esters is 1. The van der Waals surface area contributed by atoms with Gasteiger partial charge in [-0.05, 0) is 30.3 Å². The van der Waals surface area contributed by atoms with Gasteiger partial charge in [0.05, 0.1) is 12.8 Å². The van der Waals surface area contributed by atoms with Crippen molar-refractivity contribution in [2.45, 2.75) is 6.92 Å². The molecule has 19 heavy (non-hydrogen) atoms. The summed E-state index contributed by atoms with van der Waals surface area (Å²) >= 11 is 0. The predicted molar refractivity (Wildman–Crippen MR) is 69.2 cm³/mol. The zero-order valence-electron chi connectivity index (χ0n) is 10.6. The van der Waals surface area contributed by atoms with Crippen molar-refractivity contribution >= 4 is 17.6 Å². The number of carbonyl (C=O) groups is 2. The first-order valence-corrected chi connectivity index (χ1v) is 5.62. The normalized spacial score (nSPS) is 10.0. The fraction of sp³-hybridized carbons (Fsp3) is 0.154. The molecule has 98 valence electrons. The average molecular weight is 259 g/mol. The van der Waals surface area contributed by atoms with Crippen LogP contribution in [0.3, 0.4) is 0 Å². The van der Waals surface area contributed by atoms with Gasteiger partial charge in [0.25, 0.3) is 0 Å². The molecule has 0 radical (unpaired) electrons. The Balaban J connectivity index is 2.20. The number of hydrogen-bond donors (Lipinski definition) is 1. The molecule has 1 aromatic heterocycles. The number of ether oxygens (including phenoxy) is 1. The molecule has 0 saturated heterocycles. The Morgan fingerprint density at radius 3 is 2.47 bits per heavy atom. The third-order valence-corrected chi connectivity index (χ3v) is 2.44. The molecule has 1 amide bonds. The number of anilines is 1. The van der Waals surface area contributed by atoms with Gasteiger partial charge in [0.1, 0.15) is 0 Å². The largest absolute Gasteiger partial charge is 0.464 e. The number of benzene rings is 1. The smallest absolute Gasteiger partial charge is 0.358 e. The summed E-state index contributed by atoms with van der Waals surface area (Å²) in [6.45, 7) is 1.45. The lowest BCUT2D eigenvalue weighted by atomic mass is 10.3. The molecule has 1 N–H and O–H groups in total. The lowest BCUT2D eigenvalue weighted by molar-refractivity contribution is -0.114. The van der Waals surface area contributed by atoms with Gasteiger partial charge in [-0.15, -0.1) is 0 Å². The molecule has 0 aliphatic heterocycles. The van der Waals surface area contributed by atoms with E-state index in [2.05, 4.69) is 15.2 Å². The second kappa shape index (κ2) is 5.34. The number of amides is 1. The third-order valence-electron chi connectivity index (χ3n) is 2.44. The van der Waals surface area contributed by atoms with Gasteiger partial charge in [-0.2, -0.15) is 5.10 Å². The molecule has 6 heteroatoms. The molecule has 6 nitrogen and oxygen atoms in total. The maximum absolute atomic E-state index is 11.3. The molecule has 0 aliphatic rings. The predicted octanol–water partition coefficient (Wildman–Crippen LogP) is 1.62. The van der Waals surface area contributed by atoms with Crippen LogP contribution in [0.2, 0.25) is 0 Å². The van der Waals surface area contributed by atoms with Gasteiger partial charge in [-0.3, -0.25) is 4.79 Å². The van der Waals surface area contributed by atoms with Crippen molar-refractivity contribution < 1.29 is 14.3 Å². The lowest BCUT2D eigenvalue weighted by Crippen LogP contribution is -2.06. The molecule has 0 saturated carbocycles. The number of carbonyl (C=O) groups excluding carboxylic acids is 2. The van der Waals surface area contributed by atoms with E-state index in [0.717, 1.165) is 5.69 Å². The summed E-state index contributed by atoms with van der Waals surface area (Å²) < 4.78 is 6.15. The Hall–Kier alpha value is -2.63. The van der Waals surface area contributed by atoms with Gasteiger partial charge < -0.3 is 10.1 Å². The number of methoxy groups -OCH3 is 1. The fourth-order valence-electron chi connectivity index (χ4n) is 1.58. The maximum Gasteiger partial charge on any atom is 0.358 e. The summed E-state index contributed by atoms with van der Waals surface area (Å²) in [4.78, 5) is 22.2. The van der Waals surface area contributed by atoms with E-state index in [1.807, 2.05) is 0 Å². The molecule has 2 aromatic rings. The van der Waals surface area contributed by atoms with E-state index >= 15 is 0 Å². The van der Waals surface area contributed by atoms with E-state index < -0.39 is 5.97 Å². The van der Waals surface area contributed by atoms with Gasteiger partial charge in [-0.1, -0.05) is 0 Å². The number of nitrogens with one attached hydrogen (secondary N) is 1. The summed E-state index contributed by atoms with van der Waals surface area (Å²) in [5.41, 5.74) is 1.73. The molecule has 0 unspecified atom stereocenters. The molecule has 0 bridgehead atoms. The zero-order valence-corrected chi connectivity index (χ0v) is 10.6. The van der Waals surface area contributed by atoms with Crippen LogP contribution in [0.5, 0.6) is 0 Å². The second-order valence-corrected chi connectivity index (χ2v) is 3.87. The van der Waals surface area contributed by atoms with Crippen LogP contribution >= 0.6 is 0 Å². The number of nitrogens with zero attached hydrogens (tertiary/aromatic N) is 2. The highest BCUT2D eigenvalue weighted by molar-refractivity contribution is 5.88. The average Bonchev–Trinajstić information content (AvgIpc) is 2.87. The molecule has 0 aliphatic carbocycles. The lowest BCUT2D eigenvalue weighted by Gasteiger charge is -2.04. The molecular weight excluding hydrogens is 246 g/mol. The highest BCUT2D eigenvalue weighted by Gasteiger charge is 2.09. The summed E-state index contributed by atoms with van der Waals surface area (Å²) in [7, 11) is 1.31. The van der Waals surface area contributed by atoms with Crippen molar-refractivity contribution in [2.75, 3.05) is 12.4 Å². The number of aromatic nitrogens is 2. The Morgan fingerprint density at radius 1 is 1.21 bits per heavy atom. The standard InChI is InChI=1S/C13H13N3O3/c1-9(17)14-10-3-5-11(6-4-10)16-8-7-12(15-16)13(18)19-2/h3-8H,1-2H3,(H,14,17). The SMILES string of the molecule is COC(=O)c1ccn(-c2ccc(NC(C)=O)cc2)n1. The monoisotopic (exact) mass is 259 g/mol. The van der Waals surface area contributed by atoms with Gasteiger partial charge >= 0.3 is 5.97 Å². The first kappa shape index (κ1) is 12.8. The van der Waals surface area contributed by atoms with Gasteiger partial charge in [0.15, 0.2) is 5.69 Å². The quantitative estimate of drug-likeness (QED) is 0.850. The number of rotatable bonds is 3. The van der Waals surface area contributed by atoms with Crippen LogP contribution in [-0.4, -0.2) is 28.8 Å². The van der Waals surface area contributed by atoms with Crippen LogP contribution in [0.1, 0.15) is 17.4 Å². The fourth-order valence-corrected chi connectivity index (χ4v) is 1.58. The van der Waals surface area contributed by atoms with E-state index in [1.54, 1.807) is 41.2 Å². The van der Waals surface area contributed by atoms with E-state index in [4.69, 9.17) is 0 Å². The minimum Gasteiger partial charge on any atom is -0.464 e. The Bertz CT molecular complexity index is 602. The summed E-state index contributed by atoms with van der Waals surface area (Å²) in [5.74, 6) is -0.603. The summed E-state index contributed by atoms with van der Waals surface area (Å²) in [5, 5.41) is 6.77. The van der Waals surface area contributed by atoms with Crippen molar-refractivity contribution in [3.63, 3.8) is 0 Å². The molecule has 1 aromatic carbocycles. The number of hydrogen-bond acceptors (Lipinski definition) is 4. The third kappa shape index (κ3) is 2.98. The second-order valence-electron chi connectivity index (χ2n) is 3.87. The van der Waals surface area contributed by atoms with Crippen LogP contribution in [0.25, 0.3) is 5.69 Å². The van der Waals surface area contributed by atoms with Gasteiger partial charge in [0.2, 0.25) is 5.91 Å². The molecule has 0 atom stereocenters. The van der Waals surface area contributed by atoms with Crippen LogP contribution < -0.4 is 5.32 Å². The maximum atomic E-state index is 11.3. The summed E-state index contributed by atoms with van der Waals surface area (Å²) in [6, 6.07) is 8.68. The first-order valence-electron chi connectivity index (χ1n) is 5.62. The van der Waals surface area contributed by atoms with Crippen molar-refractivity contribution in [2.24, 2.45) is 0 Å². The Labute approximate surface area is 110 Å². The molecule has 1 heterocycles. The minimum atomic E-state index is -0.478. The Morgan fingerprint density at radius 2 is 1.89 bits per heavy atom. The van der Waals surface area contributed by atoms with Gasteiger partial charge in [-0.25, -0.2) is 9.48 Å². The molecule has 2 rings (SSSR count). The molecule has 0 spiro atoms. The van der Waals surface area contributed by atoms with Crippen LogP contribution in [0.15, 0.2) is 36.5 Å². The van der Waals surface area contributed by atoms with Gasteiger partial charge in [0, 0.05) is 18.8 Å².